The van der Waals surface area contributed by atoms with Crippen LogP contribution in [0.5, 0.6) is 0 Å². The molecular formula is C27H43N3O2. The van der Waals surface area contributed by atoms with Crippen LogP contribution in [0, 0.1) is 5.41 Å². The number of likely N-dealkylation sites (tertiary alicyclic amines) is 2. The van der Waals surface area contributed by atoms with Gasteiger partial charge in [0.1, 0.15) is 6.04 Å². The summed E-state index contributed by atoms with van der Waals surface area (Å²) in [6, 6.07) is 8.53. The van der Waals surface area contributed by atoms with Crippen molar-refractivity contribution in [3.8, 4) is 0 Å². The van der Waals surface area contributed by atoms with Gasteiger partial charge in [-0.1, -0.05) is 45.0 Å². The summed E-state index contributed by atoms with van der Waals surface area (Å²) in [6.07, 6.45) is 7.44. The molecule has 178 valence electrons. The predicted octanol–water partition coefficient (Wildman–Crippen LogP) is 4.66. The second-order valence-electron chi connectivity index (χ2n) is 11.5. The van der Waals surface area contributed by atoms with Crippen molar-refractivity contribution in [2.75, 3.05) is 26.2 Å². The summed E-state index contributed by atoms with van der Waals surface area (Å²) in [4.78, 5) is 29.4. The Balaban J connectivity index is 0.00000306. The fraction of sp³-hybridized carbons (Fsp3) is 0.704. The van der Waals surface area contributed by atoms with Crippen LogP contribution in [0.15, 0.2) is 24.3 Å². The second-order valence-corrected chi connectivity index (χ2v) is 11.5. The maximum atomic E-state index is 13.1. The SMILES string of the molecule is CC(=O)N1CCC[C@H]1C(=O)N[C@H]1CCC2(CCN(CCC(C)(C)C)CC2)c2ccccc21.[HH]. The van der Waals surface area contributed by atoms with Crippen molar-refractivity contribution >= 4 is 11.8 Å². The van der Waals surface area contributed by atoms with Gasteiger partial charge in [0.05, 0.1) is 6.04 Å². The highest BCUT2D eigenvalue weighted by molar-refractivity contribution is 5.87. The van der Waals surface area contributed by atoms with E-state index in [1.54, 1.807) is 11.8 Å². The second kappa shape index (κ2) is 9.17. The average molecular weight is 442 g/mol. The quantitative estimate of drug-likeness (QED) is 0.739. The van der Waals surface area contributed by atoms with Crippen LogP contribution in [0.3, 0.4) is 0 Å². The molecule has 2 amide bonds. The average Bonchev–Trinajstić information content (AvgIpc) is 3.26. The molecule has 5 heteroatoms. The van der Waals surface area contributed by atoms with E-state index in [2.05, 4.69) is 55.3 Å². The van der Waals surface area contributed by atoms with Crippen molar-refractivity contribution in [2.45, 2.75) is 90.1 Å². The van der Waals surface area contributed by atoms with Gasteiger partial charge in [0.25, 0.3) is 0 Å². The molecule has 2 aliphatic heterocycles. The van der Waals surface area contributed by atoms with Gasteiger partial charge < -0.3 is 15.1 Å². The Hall–Kier alpha value is -1.88. The van der Waals surface area contributed by atoms with E-state index < -0.39 is 0 Å². The smallest absolute Gasteiger partial charge is 0.243 e. The monoisotopic (exact) mass is 441 g/mol. The van der Waals surface area contributed by atoms with Crippen molar-refractivity contribution in [3.63, 3.8) is 0 Å². The lowest BCUT2D eigenvalue weighted by Crippen LogP contribution is -2.49. The zero-order valence-electron chi connectivity index (χ0n) is 20.5. The van der Waals surface area contributed by atoms with E-state index in [0.29, 0.717) is 12.0 Å². The van der Waals surface area contributed by atoms with Crippen LogP contribution in [-0.4, -0.2) is 53.8 Å². The minimum Gasteiger partial charge on any atom is -0.347 e. The maximum absolute atomic E-state index is 13.1. The summed E-state index contributed by atoms with van der Waals surface area (Å²) in [5, 5.41) is 3.33. The van der Waals surface area contributed by atoms with Gasteiger partial charge in [0, 0.05) is 14.9 Å². The lowest BCUT2D eigenvalue weighted by Gasteiger charge is -2.47. The summed E-state index contributed by atoms with van der Waals surface area (Å²) in [6.45, 7) is 12.8. The van der Waals surface area contributed by atoms with Gasteiger partial charge in [-0.05, 0) is 86.5 Å². The van der Waals surface area contributed by atoms with Crippen molar-refractivity contribution in [2.24, 2.45) is 5.41 Å². The molecule has 1 aromatic rings. The van der Waals surface area contributed by atoms with Crippen molar-refractivity contribution < 1.29 is 11.0 Å². The first-order valence-corrected chi connectivity index (χ1v) is 12.6. The first-order valence-electron chi connectivity index (χ1n) is 12.6. The number of carbonyl (C=O) groups excluding carboxylic acids is 2. The third-order valence-corrected chi connectivity index (χ3v) is 8.09. The van der Waals surface area contributed by atoms with Crippen molar-refractivity contribution in [1.82, 2.24) is 15.1 Å². The Morgan fingerprint density at radius 3 is 2.50 bits per heavy atom. The van der Waals surface area contributed by atoms with Crippen molar-refractivity contribution in [3.05, 3.63) is 35.4 Å². The van der Waals surface area contributed by atoms with E-state index in [0.717, 1.165) is 38.8 Å². The Labute approximate surface area is 195 Å². The van der Waals surface area contributed by atoms with Gasteiger partial charge >= 0.3 is 0 Å². The van der Waals surface area contributed by atoms with Crippen molar-refractivity contribution in [1.29, 1.82) is 0 Å². The number of hydrogen-bond acceptors (Lipinski definition) is 3. The largest absolute Gasteiger partial charge is 0.347 e. The Morgan fingerprint density at radius 1 is 1.09 bits per heavy atom. The van der Waals surface area contributed by atoms with E-state index in [4.69, 9.17) is 0 Å². The minimum absolute atomic E-state index is 0. The molecule has 3 aliphatic rings. The summed E-state index contributed by atoms with van der Waals surface area (Å²) < 4.78 is 0. The third kappa shape index (κ3) is 4.88. The molecule has 2 fully saturated rings. The van der Waals surface area contributed by atoms with Crippen LogP contribution in [0.1, 0.15) is 91.2 Å². The summed E-state index contributed by atoms with van der Waals surface area (Å²) in [5.74, 6) is 0.0225. The Kier molecular flexibility index (Phi) is 6.67. The van der Waals surface area contributed by atoms with Crippen LogP contribution < -0.4 is 5.32 Å². The summed E-state index contributed by atoms with van der Waals surface area (Å²) >= 11 is 0. The molecule has 2 saturated heterocycles. The first kappa shape index (κ1) is 23.3. The number of benzene rings is 1. The number of hydrogen-bond donors (Lipinski definition) is 1. The molecule has 5 nitrogen and oxygen atoms in total. The van der Waals surface area contributed by atoms with Crippen LogP contribution in [0.25, 0.3) is 0 Å². The normalized spacial score (nSPS) is 25.6. The molecule has 1 N–H and O–H groups in total. The Bertz CT molecular complexity index is 842. The van der Waals surface area contributed by atoms with Gasteiger partial charge in [0.2, 0.25) is 11.8 Å². The maximum Gasteiger partial charge on any atom is 0.243 e. The molecule has 1 spiro atoms. The standard InChI is InChI=1S/C27H41N3O2.H2/c1-20(31)30-16-7-10-24(30)25(32)28-23-11-12-27(22-9-6-5-8-21(22)23)14-18-29(19-15-27)17-13-26(2,3)4;/h5-6,8-9,23-24H,7,10-19H2,1-4H3,(H,28,32);1H/t23-,24-;/m0./s1. The van der Waals surface area contributed by atoms with E-state index in [1.807, 2.05) is 0 Å². The fourth-order valence-corrected chi connectivity index (χ4v) is 6.05. The number of piperidine rings is 1. The Morgan fingerprint density at radius 2 is 1.81 bits per heavy atom. The molecular weight excluding hydrogens is 398 g/mol. The number of rotatable bonds is 4. The molecule has 32 heavy (non-hydrogen) atoms. The summed E-state index contributed by atoms with van der Waals surface area (Å²) in [5.41, 5.74) is 3.37. The fourth-order valence-electron chi connectivity index (χ4n) is 6.05. The van der Waals surface area contributed by atoms with Crippen LogP contribution in [0.4, 0.5) is 0 Å². The lowest BCUT2D eigenvalue weighted by atomic mass is 9.63. The van der Waals surface area contributed by atoms with Gasteiger partial charge in [-0.2, -0.15) is 0 Å². The molecule has 2 heterocycles. The van der Waals surface area contributed by atoms with Gasteiger partial charge in [-0.25, -0.2) is 0 Å². The third-order valence-electron chi connectivity index (χ3n) is 8.09. The molecule has 0 radical (unpaired) electrons. The highest BCUT2D eigenvalue weighted by atomic mass is 16.2. The van der Waals surface area contributed by atoms with E-state index in [-0.39, 0.29) is 30.7 Å². The first-order chi connectivity index (χ1) is 15.2. The highest BCUT2D eigenvalue weighted by Crippen LogP contribution is 2.48. The number of nitrogens with one attached hydrogen (secondary N) is 1. The molecule has 1 aromatic carbocycles. The van der Waals surface area contributed by atoms with Crippen LogP contribution in [-0.2, 0) is 15.0 Å². The van der Waals surface area contributed by atoms with E-state index in [1.165, 1.54) is 36.9 Å². The van der Waals surface area contributed by atoms with Gasteiger partial charge in [-0.3, -0.25) is 9.59 Å². The topological polar surface area (TPSA) is 52.7 Å². The molecule has 2 atom stereocenters. The molecule has 0 saturated carbocycles. The van der Waals surface area contributed by atoms with Gasteiger partial charge in [0.15, 0.2) is 0 Å². The number of amides is 2. The molecule has 1 aliphatic carbocycles. The number of fused-ring (bicyclic) bond motifs is 2. The molecule has 0 aromatic heterocycles. The van der Waals surface area contributed by atoms with E-state index in [9.17, 15) is 9.59 Å². The van der Waals surface area contributed by atoms with Crippen LogP contribution in [0.2, 0.25) is 0 Å². The number of carbonyl (C=O) groups is 2. The van der Waals surface area contributed by atoms with Crippen LogP contribution >= 0.6 is 0 Å². The number of nitrogens with zero attached hydrogens (tertiary/aromatic N) is 2. The van der Waals surface area contributed by atoms with E-state index >= 15 is 0 Å². The summed E-state index contributed by atoms with van der Waals surface area (Å²) in [7, 11) is 0. The lowest BCUT2D eigenvalue weighted by molar-refractivity contribution is -0.137. The molecule has 0 unspecified atom stereocenters. The zero-order valence-corrected chi connectivity index (χ0v) is 20.5. The molecule has 4 rings (SSSR count). The predicted molar refractivity (Wildman–Crippen MR) is 131 cm³/mol. The highest BCUT2D eigenvalue weighted by Gasteiger charge is 2.43. The molecule has 0 bridgehead atoms. The zero-order chi connectivity index (χ0) is 22.9. The minimum atomic E-state index is -0.304. The van der Waals surface area contributed by atoms with Gasteiger partial charge in [-0.15, -0.1) is 0 Å².